The molecule has 0 aliphatic heterocycles. The topological polar surface area (TPSA) is 68.1 Å². The van der Waals surface area contributed by atoms with Gasteiger partial charge in [-0.05, 0) is 12.1 Å². The summed E-state index contributed by atoms with van der Waals surface area (Å²) in [7, 11) is 1.54. The van der Waals surface area contributed by atoms with Crippen molar-refractivity contribution in [3.63, 3.8) is 0 Å². The Hall–Kier alpha value is -2.17. The maximum absolute atomic E-state index is 9.70. The van der Waals surface area contributed by atoms with Gasteiger partial charge < -0.3 is 9.84 Å². The Balaban J connectivity index is 2.46. The Morgan fingerprint density at radius 3 is 2.53 bits per heavy atom. The highest BCUT2D eigenvalue weighted by Crippen LogP contribution is 2.29. The predicted octanol–water partition coefficient (Wildman–Crippen LogP) is 1.25. The molecule has 0 aliphatic rings. The highest BCUT2D eigenvalue weighted by atomic mass is 16.5. The maximum Gasteiger partial charge on any atom is 0.166 e. The number of rotatable bonds is 2. The van der Waals surface area contributed by atoms with Crippen LogP contribution in [0.3, 0.4) is 0 Å². The monoisotopic (exact) mass is 203 g/mol. The summed E-state index contributed by atoms with van der Waals surface area (Å²) in [5, 5.41) is 9.70. The molecule has 76 valence electrons. The Kier molecular flexibility index (Phi) is 2.45. The molecule has 1 heterocycles. The van der Waals surface area contributed by atoms with Crippen LogP contribution in [0.15, 0.2) is 30.9 Å². The lowest BCUT2D eigenvalue weighted by molar-refractivity contribution is 0.408. The number of ether oxygens (including phenoxy) is 1. The fourth-order valence-corrected chi connectivity index (χ4v) is 1.21. The third-order valence-electron chi connectivity index (χ3n) is 1.94. The minimum atomic E-state index is 0.0838. The summed E-state index contributed by atoms with van der Waals surface area (Å²) in [5.74, 6) is 1.11. The van der Waals surface area contributed by atoms with E-state index >= 15 is 0 Å². The van der Waals surface area contributed by atoms with E-state index in [9.17, 15) is 5.11 Å². The molecule has 1 aromatic carbocycles. The molecule has 0 atom stereocenters. The van der Waals surface area contributed by atoms with Gasteiger partial charge in [0.2, 0.25) is 0 Å². The second-order valence-electron chi connectivity index (χ2n) is 2.84. The largest absolute Gasteiger partial charge is 0.507 e. The van der Waals surface area contributed by atoms with Crippen molar-refractivity contribution in [2.24, 2.45) is 0 Å². The van der Waals surface area contributed by atoms with Crippen molar-refractivity contribution in [1.82, 2.24) is 15.0 Å². The van der Waals surface area contributed by atoms with E-state index in [2.05, 4.69) is 15.0 Å². The van der Waals surface area contributed by atoms with Crippen molar-refractivity contribution in [2.45, 2.75) is 0 Å². The number of methoxy groups -OCH3 is 1. The smallest absolute Gasteiger partial charge is 0.166 e. The molecule has 15 heavy (non-hydrogen) atoms. The van der Waals surface area contributed by atoms with E-state index in [1.54, 1.807) is 12.1 Å². The van der Waals surface area contributed by atoms with Gasteiger partial charge in [-0.3, -0.25) is 0 Å². The number of hydrogen-bond acceptors (Lipinski definition) is 5. The van der Waals surface area contributed by atoms with Gasteiger partial charge in [-0.25, -0.2) is 15.0 Å². The first-order chi connectivity index (χ1) is 7.31. The van der Waals surface area contributed by atoms with Gasteiger partial charge in [-0.1, -0.05) is 0 Å². The molecule has 0 aliphatic carbocycles. The first-order valence-corrected chi connectivity index (χ1v) is 4.30. The minimum absolute atomic E-state index is 0.0838. The third-order valence-corrected chi connectivity index (χ3v) is 1.94. The van der Waals surface area contributed by atoms with Crippen molar-refractivity contribution in [2.75, 3.05) is 7.11 Å². The Bertz CT molecular complexity index is 459. The summed E-state index contributed by atoms with van der Waals surface area (Å²) in [6.45, 7) is 0. The van der Waals surface area contributed by atoms with Crippen LogP contribution in [0.1, 0.15) is 0 Å². The van der Waals surface area contributed by atoms with Gasteiger partial charge >= 0.3 is 0 Å². The van der Waals surface area contributed by atoms with Crippen LogP contribution >= 0.6 is 0 Å². The zero-order valence-corrected chi connectivity index (χ0v) is 8.08. The highest BCUT2D eigenvalue weighted by molar-refractivity contribution is 5.64. The second-order valence-corrected chi connectivity index (χ2v) is 2.84. The molecule has 2 rings (SSSR count). The number of benzene rings is 1. The zero-order chi connectivity index (χ0) is 10.7. The van der Waals surface area contributed by atoms with Gasteiger partial charge in [0.15, 0.2) is 5.82 Å². The standard InChI is InChI=1S/C10H9N3O2/c1-15-7-2-3-8(9(14)4-7)10-12-5-11-6-13-10/h2-6,14H,1H3. The Morgan fingerprint density at radius 2 is 1.93 bits per heavy atom. The predicted molar refractivity (Wildman–Crippen MR) is 53.5 cm³/mol. The van der Waals surface area contributed by atoms with Gasteiger partial charge in [0.1, 0.15) is 24.2 Å². The summed E-state index contributed by atoms with van der Waals surface area (Å²) < 4.78 is 4.97. The Labute approximate surface area is 86.4 Å². The van der Waals surface area contributed by atoms with Gasteiger partial charge in [0.25, 0.3) is 0 Å². The lowest BCUT2D eigenvalue weighted by Gasteiger charge is -2.04. The van der Waals surface area contributed by atoms with E-state index in [1.807, 2.05) is 0 Å². The van der Waals surface area contributed by atoms with E-state index in [0.717, 1.165) is 0 Å². The van der Waals surface area contributed by atoms with Crippen LogP contribution in [0.2, 0.25) is 0 Å². The van der Waals surface area contributed by atoms with Crippen molar-refractivity contribution in [3.8, 4) is 22.9 Å². The van der Waals surface area contributed by atoms with Crippen molar-refractivity contribution < 1.29 is 9.84 Å². The van der Waals surface area contributed by atoms with Crippen molar-refractivity contribution in [3.05, 3.63) is 30.9 Å². The summed E-state index contributed by atoms with van der Waals surface area (Å²) in [5.41, 5.74) is 0.554. The van der Waals surface area contributed by atoms with Crippen LogP contribution in [-0.4, -0.2) is 27.2 Å². The quantitative estimate of drug-likeness (QED) is 0.795. The number of phenols is 1. The number of aromatic nitrogens is 3. The maximum atomic E-state index is 9.70. The van der Waals surface area contributed by atoms with Crippen molar-refractivity contribution in [1.29, 1.82) is 0 Å². The zero-order valence-electron chi connectivity index (χ0n) is 8.08. The number of aromatic hydroxyl groups is 1. The first-order valence-electron chi connectivity index (χ1n) is 4.30. The van der Waals surface area contributed by atoms with Crippen LogP contribution < -0.4 is 4.74 Å². The summed E-state index contributed by atoms with van der Waals surface area (Å²) >= 11 is 0. The summed E-state index contributed by atoms with van der Waals surface area (Å²) in [4.78, 5) is 11.6. The SMILES string of the molecule is COc1ccc(-c2ncncn2)c(O)c1. The third kappa shape index (κ3) is 1.85. The fourth-order valence-electron chi connectivity index (χ4n) is 1.21. The molecule has 1 aromatic heterocycles. The van der Waals surface area contributed by atoms with E-state index < -0.39 is 0 Å². The van der Waals surface area contributed by atoms with Crippen molar-refractivity contribution >= 4 is 0 Å². The molecule has 5 heteroatoms. The van der Waals surface area contributed by atoms with Gasteiger partial charge in [-0.15, -0.1) is 0 Å². The first kappa shape index (κ1) is 9.39. The molecular weight excluding hydrogens is 194 g/mol. The number of phenolic OH excluding ortho intramolecular Hbond substituents is 1. The molecule has 2 aromatic rings. The average molecular weight is 203 g/mol. The molecule has 0 unspecified atom stereocenters. The van der Waals surface area contributed by atoms with Crippen LogP contribution in [0.4, 0.5) is 0 Å². The average Bonchev–Trinajstić information content (AvgIpc) is 2.30. The van der Waals surface area contributed by atoms with E-state index in [0.29, 0.717) is 17.1 Å². The van der Waals surface area contributed by atoms with Gasteiger partial charge in [0, 0.05) is 6.07 Å². The lowest BCUT2D eigenvalue weighted by Crippen LogP contribution is -1.90. The molecule has 0 amide bonds. The molecule has 0 fully saturated rings. The molecule has 0 radical (unpaired) electrons. The van der Waals surface area contributed by atoms with E-state index in [1.165, 1.54) is 25.8 Å². The lowest BCUT2D eigenvalue weighted by atomic mass is 10.2. The molecule has 0 saturated carbocycles. The van der Waals surface area contributed by atoms with Crippen LogP contribution in [-0.2, 0) is 0 Å². The second kappa shape index (κ2) is 3.91. The van der Waals surface area contributed by atoms with E-state index in [4.69, 9.17) is 4.74 Å². The molecule has 0 spiro atoms. The van der Waals surface area contributed by atoms with Crippen LogP contribution in [0.25, 0.3) is 11.4 Å². The highest BCUT2D eigenvalue weighted by Gasteiger charge is 2.07. The number of hydrogen-bond donors (Lipinski definition) is 1. The van der Waals surface area contributed by atoms with Gasteiger partial charge in [-0.2, -0.15) is 0 Å². The molecule has 5 nitrogen and oxygen atoms in total. The van der Waals surface area contributed by atoms with E-state index in [-0.39, 0.29) is 5.75 Å². The molecule has 1 N–H and O–H groups in total. The summed E-state index contributed by atoms with van der Waals surface area (Å²) in [6.07, 6.45) is 2.76. The molecule has 0 bridgehead atoms. The Morgan fingerprint density at radius 1 is 1.20 bits per heavy atom. The summed E-state index contributed by atoms with van der Waals surface area (Å²) in [6, 6.07) is 4.95. The fraction of sp³-hybridized carbons (Fsp3) is 0.100. The number of nitrogens with zero attached hydrogens (tertiary/aromatic N) is 3. The minimum Gasteiger partial charge on any atom is -0.507 e. The molecular formula is C10H9N3O2. The van der Waals surface area contributed by atoms with Crippen LogP contribution in [0.5, 0.6) is 11.5 Å². The van der Waals surface area contributed by atoms with Gasteiger partial charge in [0.05, 0.1) is 12.7 Å². The molecule has 0 saturated heterocycles. The normalized spacial score (nSPS) is 9.93. The van der Waals surface area contributed by atoms with Crippen LogP contribution in [0, 0.1) is 0 Å².